The molecule has 2 aromatic heterocycles. The van der Waals surface area contributed by atoms with Gasteiger partial charge < -0.3 is 19.5 Å². The van der Waals surface area contributed by atoms with Crippen LogP contribution in [0.1, 0.15) is 68.3 Å². The Morgan fingerprint density at radius 1 is 1.11 bits per heavy atom. The zero-order valence-corrected chi connectivity index (χ0v) is 24.5. The van der Waals surface area contributed by atoms with E-state index in [1.807, 2.05) is 25.3 Å². The fourth-order valence-corrected chi connectivity index (χ4v) is 6.84. The first kappa shape index (κ1) is 28.2. The summed E-state index contributed by atoms with van der Waals surface area (Å²) in [6.45, 7) is 12.6. The van der Waals surface area contributed by atoms with Gasteiger partial charge in [0.1, 0.15) is 5.00 Å². The van der Waals surface area contributed by atoms with Crippen LogP contribution in [-0.4, -0.2) is 51.6 Å². The highest BCUT2D eigenvalue weighted by atomic mass is 32.2. The second-order valence-electron chi connectivity index (χ2n) is 9.48. The molecule has 204 valence electrons. The number of benzene rings is 1. The summed E-state index contributed by atoms with van der Waals surface area (Å²) >= 11 is 2.85. The van der Waals surface area contributed by atoms with E-state index in [0.717, 1.165) is 55.7 Å². The molecule has 1 amide bonds. The SMILES string of the molecule is CCN(CC)c1ccc(-c2nnc(SCC(=O)Nc3sc4c(c3C(=O)OC(C)C)CCCC4)n2CC)cc1. The highest BCUT2D eigenvalue weighted by Gasteiger charge is 2.28. The molecular formula is C28H37N5O3S2. The van der Waals surface area contributed by atoms with Crippen molar-refractivity contribution < 1.29 is 14.3 Å². The van der Waals surface area contributed by atoms with Crippen molar-refractivity contribution in [1.29, 1.82) is 0 Å². The molecule has 0 fully saturated rings. The second-order valence-corrected chi connectivity index (χ2v) is 11.5. The number of rotatable bonds is 11. The summed E-state index contributed by atoms with van der Waals surface area (Å²) in [7, 11) is 0. The monoisotopic (exact) mass is 555 g/mol. The van der Waals surface area contributed by atoms with Gasteiger partial charge in [-0.25, -0.2) is 4.79 Å². The molecule has 3 aromatic rings. The van der Waals surface area contributed by atoms with E-state index in [1.165, 1.54) is 33.7 Å². The van der Waals surface area contributed by atoms with Crippen LogP contribution in [0, 0.1) is 0 Å². The van der Waals surface area contributed by atoms with E-state index >= 15 is 0 Å². The Kier molecular flexibility index (Phi) is 9.49. The molecule has 0 unspecified atom stereocenters. The lowest BCUT2D eigenvalue weighted by molar-refractivity contribution is -0.113. The third-order valence-corrected chi connectivity index (χ3v) is 8.76. The number of thioether (sulfide) groups is 1. The zero-order chi connectivity index (χ0) is 27.2. The van der Waals surface area contributed by atoms with E-state index in [0.29, 0.717) is 22.3 Å². The van der Waals surface area contributed by atoms with Gasteiger partial charge in [-0.3, -0.25) is 4.79 Å². The summed E-state index contributed by atoms with van der Waals surface area (Å²) in [5.41, 5.74) is 3.74. The maximum atomic E-state index is 13.0. The van der Waals surface area contributed by atoms with E-state index in [2.05, 4.69) is 58.5 Å². The summed E-state index contributed by atoms with van der Waals surface area (Å²) in [4.78, 5) is 29.4. The summed E-state index contributed by atoms with van der Waals surface area (Å²) in [5.74, 6) is 0.416. The van der Waals surface area contributed by atoms with Crippen LogP contribution in [-0.2, 0) is 28.9 Å². The number of esters is 1. The number of carbonyl (C=O) groups excluding carboxylic acids is 2. The number of thiophene rings is 1. The normalized spacial score (nSPS) is 12.9. The van der Waals surface area contributed by atoms with Crippen LogP contribution in [0.4, 0.5) is 10.7 Å². The Bertz CT molecular complexity index is 1260. The predicted molar refractivity (Wildman–Crippen MR) is 156 cm³/mol. The minimum absolute atomic E-state index is 0.167. The van der Waals surface area contributed by atoms with Crippen molar-refractivity contribution in [3.05, 3.63) is 40.3 Å². The summed E-state index contributed by atoms with van der Waals surface area (Å²) in [6.07, 6.45) is 3.70. The molecular weight excluding hydrogens is 518 g/mol. The van der Waals surface area contributed by atoms with Crippen LogP contribution < -0.4 is 10.2 Å². The predicted octanol–water partition coefficient (Wildman–Crippen LogP) is 6.05. The molecule has 1 aromatic carbocycles. The van der Waals surface area contributed by atoms with Gasteiger partial charge in [0.2, 0.25) is 5.91 Å². The molecule has 0 spiro atoms. The lowest BCUT2D eigenvalue weighted by Gasteiger charge is -2.21. The molecule has 0 atom stereocenters. The number of hydrogen-bond donors (Lipinski definition) is 1. The lowest BCUT2D eigenvalue weighted by atomic mass is 9.95. The Balaban J connectivity index is 1.46. The Morgan fingerprint density at radius 3 is 2.47 bits per heavy atom. The van der Waals surface area contributed by atoms with Crippen molar-refractivity contribution in [3.8, 4) is 11.4 Å². The molecule has 2 heterocycles. The van der Waals surface area contributed by atoms with Gasteiger partial charge in [-0.2, -0.15) is 0 Å². The van der Waals surface area contributed by atoms with Crippen molar-refractivity contribution in [2.24, 2.45) is 0 Å². The largest absolute Gasteiger partial charge is 0.459 e. The Hall–Kier alpha value is -2.85. The van der Waals surface area contributed by atoms with Gasteiger partial charge in [0.25, 0.3) is 0 Å². The van der Waals surface area contributed by atoms with Crippen molar-refractivity contribution in [2.75, 3.05) is 29.1 Å². The first-order valence-corrected chi connectivity index (χ1v) is 15.2. The molecule has 0 radical (unpaired) electrons. The quantitative estimate of drug-likeness (QED) is 0.228. The van der Waals surface area contributed by atoms with Gasteiger partial charge in [-0.1, -0.05) is 11.8 Å². The van der Waals surface area contributed by atoms with Crippen LogP contribution >= 0.6 is 23.1 Å². The summed E-state index contributed by atoms with van der Waals surface area (Å²) in [5, 5.41) is 13.1. The first-order valence-electron chi connectivity index (χ1n) is 13.4. The molecule has 4 rings (SSSR count). The van der Waals surface area contributed by atoms with Gasteiger partial charge in [-0.15, -0.1) is 21.5 Å². The van der Waals surface area contributed by atoms with Crippen molar-refractivity contribution in [2.45, 2.75) is 78.1 Å². The second kappa shape index (κ2) is 12.8. The fraction of sp³-hybridized carbons (Fsp3) is 0.500. The van der Waals surface area contributed by atoms with E-state index in [-0.39, 0.29) is 23.7 Å². The molecule has 1 N–H and O–H groups in total. The minimum atomic E-state index is -0.357. The first-order chi connectivity index (χ1) is 18.4. The summed E-state index contributed by atoms with van der Waals surface area (Å²) in [6, 6.07) is 8.36. The molecule has 1 aliphatic carbocycles. The molecule has 0 saturated heterocycles. The Labute approximate surface area is 233 Å². The van der Waals surface area contributed by atoms with Gasteiger partial charge in [-0.05, 0) is 90.1 Å². The molecule has 0 saturated carbocycles. The molecule has 10 heteroatoms. The number of ether oxygens (including phenoxy) is 1. The third kappa shape index (κ3) is 6.23. The van der Waals surface area contributed by atoms with Crippen LogP contribution in [0.15, 0.2) is 29.4 Å². The van der Waals surface area contributed by atoms with Crippen LogP contribution in [0.25, 0.3) is 11.4 Å². The Morgan fingerprint density at radius 2 is 1.82 bits per heavy atom. The highest BCUT2D eigenvalue weighted by molar-refractivity contribution is 7.99. The third-order valence-electron chi connectivity index (χ3n) is 6.59. The number of nitrogens with one attached hydrogen (secondary N) is 1. The minimum Gasteiger partial charge on any atom is -0.459 e. The van der Waals surface area contributed by atoms with E-state index in [1.54, 1.807) is 0 Å². The molecule has 0 aliphatic heterocycles. The van der Waals surface area contributed by atoms with Crippen LogP contribution in [0.2, 0.25) is 0 Å². The van der Waals surface area contributed by atoms with Gasteiger partial charge in [0.15, 0.2) is 11.0 Å². The van der Waals surface area contributed by atoms with Crippen LogP contribution in [0.5, 0.6) is 0 Å². The fourth-order valence-electron chi connectivity index (χ4n) is 4.74. The summed E-state index contributed by atoms with van der Waals surface area (Å²) < 4.78 is 7.53. The standard InChI is InChI=1S/C28H37N5O3S2/c1-6-32(7-2)20-15-13-19(14-16-20)25-30-31-28(33(25)8-3)37-17-23(34)29-26-24(27(35)36-18(4)5)21-11-9-10-12-22(21)38-26/h13-16,18H,6-12,17H2,1-5H3,(H,29,34). The van der Waals surface area contributed by atoms with Crippen molar-refractivity contribution in [3.63, 3.8) is 0 Å². The number of amides is 1. The average molecular weight is 556 g/mol. The molecule has 38 heavy (non-hydrogen) atoms. The van der Waals surface area contributed by atoms with Gasteiger partial charge >= 0.3 is 5.97 Å². The topological polar surface area (TPSA) is 89.3 Å². The molecule has 0 bridgehead atoms. The number of fused-ring (bicyclic) bond motifs is 1. The van der Waals surface area contributed by atoms with E-state index in [4.69, 9.17) is 4.74 Å². The zero-order valence-electron chi connectivity index (χ0n) is 22.9. The number of anilines is 2. The smallest absolute Gasteiger partial charge is 0.341 e. The van der Waals surface area contributed by atoms with Crippen molar-refractivity contribution >= 4 is 45.7 Å². The number of carbonyl (C=O) groups is 2. The maximum absolute atomic E-state index is 13.0. The van der Waals surface area contributed by atoms with Gasteiger partial charge in [0, 0.05) is 35.8 Å². The van der Waals surface area contributed by atoms with E-state index < -0.39 is 0 Å². The van der Waals surface area contributed by atoms with Gasteiger partial charge in [0.05, 0.1) is 17.4 Å². The highest BCUT2D eigenvalue weighted by Crippen LogP contribution is 2.39. The van der Waals surface area contributed by atoms with Crippen LogP contribution in [0.3, 0.4) is 0 Å². The number of hydrogen-bond acceptors (Lipinski definition) is 8. The number of aryl methyl sites for hydroxylation is 1. The number of aromatic nitrogens is 3. The molecule has 1 aliphatic rings. The average Bonchev–Trinajstić information content (AvgIpc) is 3.48. The lowest BCUT2D eigenvalue weighted by Crippen LogP contribution is -2.21. The van der Waals surface area contributed by atoms with Crippen molar-refractivity contribution in [1.82, 2.24) is 14.8 Å². The van der Waals surface area contributed by atoms with E-state index in [9.17, 15) is 9.59 Å². The maximum Gasteiger partial charge on any atom is 0.341 e. The number of nitrogens with zero attached hydrogens (tertiary/aromatic N) is 4. The molecule has 8 nitrogen and oxygen atoms in total.